The Morgan fingerprint density at radius 1 is 1.50 bits per heavy atom. The molecule has 0 fully saturated rings. The highest BCUT2D eigenvalue weighted by Gasteiger charge is 2.15. The van der Waals surface area contributed by atoms with Gasteiger partial charge in [-0.3, -0.25) is 0 Å². The van der Waals surface area contributed by atoms with E-state index in [0.29, 0.717) is 18.7 Å². The summed E-state index contributed by atoms with van der Waals surface area (Å²) in [6.07, 6.45) is 0. The van der Waals surface area contributed by atoms with Gasteiger partial charge in [0.2, 0.25) is 5.82 Å². The second-order valence-corrected chi connectivity index (χ2v) is 3.37. The largest absolute Gasteiger partial charge is 0.475 e. The zero-order valence-electron chi connectivity index (χ0n) is 8.88. The Hall–Kier alpha value is -1.88. The van der Waals surface area contributed by atoms with E-state index >= 15 is 0 Å². The molecule has 1 aromatic carbocycles. The van der Waals surface area contributed by atoms with Crippen LogP contribution in [0.2, 0.25) is 0 Å². The molecule has 5 nitrogen and oxygen atoms in total. The maximum atomic E-state index is 11.0. The summed E-state index contributed by atoms with van der Waals surface area (Å²) in [5, 5.41) is 9.04. The molecule has 0 atom stereocenters. The number of rotatable bonds is 4. The van der Waals surface area contributed by atoms with E-state index in [4.69, 9.17) is 9.84 Å². The Morgan fingerprint density at radius 3 is 2.94 bits per heavy atom. The third kappa shape index (κ3) is 1.77. The fourth-order valence-corrected chi connectivity index (χ4v) is 1.65. The van der Waals surface area contributed by atoms with Crippen LogP contribution in [0.4, 0.5) is 0 Å². The van der Waals surface area contributed by atoms with Crippen LogP contribution in [0, 0.1) is 0 Å². The minimum Gasteiger partial charge on any atom is -0.475 e. The lowest BCUT2D eigenvalue weighted by Gasteiger charge is -2.05. The minimum absolute atomic E-state index is 0.0539. The van der Waals surface area contributed by atoms with Crippen LogP contribution >= 0.6 is 0 Å². The average Bonchev–Trinajstić information content (AvgIpc) is 2.65. The first kappa shape index (κ1) is 10.6. The Morgan fingerprint density at radius 2 is 2.25 bits per heavy atom. The van der Waals surface area contributed by atoms with E-state index in [1.165, 1.54) is 0 Å². The monoisotopic (exact) mass is 220 g/mol. The molecule has 0 bridgehead atoms. The number of carboxylic acid groups (broad SMARTS) is 1. The molecule has 0 aliphatic heterocycles. The van der Waals surface area contributed by atoms with E-state index in [-0.39, 0.29) is 5.82 Å². The maximum absolute atomic E-state index is 11.0. The lowest BCUT2D eigenvalue weighted by molar-refractivity contribution is 0.0676. The van der Waals surface area contributed by atoms with Gasteiger partial charge in [0.25, 0.3) is 0 Å². The highest BCUT2D eigenvalue weighted by Crippen LogP contribution is 2.15. The van der Waals surface area contributed by atoms with Crippen LogP contribution in [0.25, 0.3) is 11.0 Å². The van der Waals surface area contributed by atoms with Gasteiger partial charge in [0, 0.05) is 13.7 Å². The number of para-hydroxylation sites is 2. The molecule has 0 saturated heterocycles. The van der Waals surface area contributed by atoms with Gasteiger partial charge in [-0.1, -0.05) is 12.1 Å². The quantitative estimate of drug-likeness (QED) is 0.845. The molecule has 2 rings (SSSR count). The molecule has 2 aromatic rings. The van der Waals surface area contributed by atoms with Crippen molar-refractivity contribution >= 4 is 17.0 Å². The molecule has 1 aromatic heterocycles. The fourth-order valence-electron chi connectivity index (χ4n) is 1.65. The summed E-state index contributed by atoms with van der Waals surface area (Å²) in [5.41, 5.74) is 1.51. The molecular weight excluding hydrogens is 208 g/mol. The van der Waals surface area contributed by atoms with Gasteiger partial charge >= 0.3 is 5.97 Å². The summed E-state index contributed by atoms with van der Waals surface area (Å²) >= 11 is 0. The van der Waals surface area contributed by atoms with Crippen LogP contribution in [0.1, 0.15) is 10.6 Å². The predicted molar refractivity (Wildman–Crippen MR) is 58.6 cm³/mol. The van der Waals surface area contributed by atoms with Gasteiger partial charge in [0.1, 0.15) is 0 Å². The van der Waals surface area contributed by atoms with E-state index in [2.05, 4.69) is 4.98 Å². The first-order valence-electron chi connectivity index (χ1n) is 4.91. The Labute approximate surface area is 92.3 Å². The molecule has 0 amide bonds. The molecule has 0 radical (unpaired) electrons. The predicted octanol–water partition coefficient (Wildman–Crippen LogP) is 1.38. The van der Waals surface area contributed by atoms with Crippen LogP contribution in [0.15, 0.2) is 24.3 Å². The van der Waals surface area contributed by atoms with Crippen molar-refractivity contribution in [3.63, 3.8) is 0 Å². The van der Waals surface area contributed by atoms with Crippen LogP contribution in [0.3, 0.4) is 0 Å². The molecule has 1 N–H and O–H groups in total. The summed E-state index contributed by atoms with van der Waals surface area (Å²) in [4.78, 5) is 15.1. The van der Waals surface area contributed by atoms with Gasteiger partial charge in [-0.15, -0.1) is 0 Å². The number of carboxylic acids is 1. The highest BCUT2D eigenvalue weighted by molar-refractivity contribution is 5.89. The van der Waals surface area contributed by atoms with Crippen LogP contribution in [-0.4, -0.2) is 34.3 Å². The first-order valence-corrected chi connectivity index (χ1v) is 4.91. The van der Waals surface area contributed by atoms with E-state index < -0.39 is 5.97 Å². The maximum Gasteiger partial charge on any atom is 0.372 e. The fraction of sp³-hybridized carbons (Fsp3) is 0.273. The SMILES string of the molecule is COCCn1c(C(=O)O)nc2ccccc21. The van der Waals surface area contributed by atoms with Crippen molar-refractivity contribution in [2.45, 2.75) is 6.54 Å². The van der Waals surface area contributed by atoms with Crippen LogP contribution < -0.4 is 0 Å². The van der Waals surface area contributed by atoms with E-state index in [1.807, 2.05) is 18.2 Å². The number of nitrogens with zero attached hydrogens (tertiary/aromatic N) is 2. The number of hydrogen-bond acceptors (Lipinski definition) is 3. The smallest absolute Gasteiger partial charge is 0.372 e. The Kier molecular flexibility index (Phi) is 2.87. The van der Waals surface area contributed by atoms with Gasteiger partial charge in [0.05, 0.1) is 17.6 Å². The van der Waals surface area contributed by atoms with Gasteiger partial charge in [-0.05, 0) is 12.1 Å². The second-order valence-electron chi connectivity index (χ2n) is 3.37. The summed E-state index contributed by atoms with van der Waals surface area (Å²) in [6, 6.07) is 7.34. The molecule has 1 heterocycles. The van der Waals surface area contributed by atoms with Crippen molar-refractivity contribution in [3.05, 3.63) is 30.1 Å². The first-order chi connectivity index (χ1) is 7.74. The van der Waals surface area contributed by atoms with Crippen molar-refractivity contribution in [2.24, 2.45) is 0 Å². The summed E-state index contributed by atoms with van der Waals surface area (Å²) in [5.74, 6) is -0.967. The lowest BCUT2D eigenvalue weighted by atomic mass is 10.3. The second kappa shape index (κ2) is 4.32. The van der Waals surface area contributed by atoms with Crippen molar-refractivity contribution in [1.82, 2.24) is 9.55 Å². The van der Waals surface area contributed by atoms with Crippen LogP contribution in [-0.2, 0) is 11.3 Å². The molecule has 84 valence electrons. The standard InChI is InChI=1S/C11H12N2O3/c1-16-7-6-13-9-5-3-2-4-8(9)12-10(13)11(14)15/h2-5H,6-7H2,1H3,(H,14,15). The lowest BCUT2D eigenvalue weighted by Crippen LogP contribution is -2.12. The molecule has 5 heteroatoms. The Balaban J connectivity index is 2.55. The topological polar surface area (TPSA) is 64.3 Å². The van der Waals surface area contributed by atoms with E-state index in [0.717, 1.165) is 5.52 Å². The Bertz CT molecular complexity index is 519. The number of hydrogen-bond donors (Lipinski definition) is 1. The van der Waals surface area contributed by atoms with Gasteiger partial charge in [-0.2, -0.15) is 0 Å². The van der Waals surface area contributed by atoms with Crippen molar-refractivity contribution in [3.8, 4) is 0 Å². The highest BCUT2D eigenvalue weighted by atomic mass is 16.5. The molecule has 0 spiro atoms. The number of aromatic carboxylic acids is 1. The number of methoxy groups -OCH3 is 1. The number of fused-ring (bicyclic) bond motifs is 1. The van der Waals surface area contributed by atoms with Crippen molar-refractivity contribution in [1.29, 1.82) is 0 Å². The van der Waals surface area contributed by atoms with Crippen molar-refractivity contribution < 1.29 is 14.6 Å². The minimum atomic E-state index is -1.02. The average molecular weight is 220 g/mol. The molecule has 0 unspecified atom stereocenters. The number of imidazole rings is 1. The summed E-state index contributed by atoms with van der Waals surface area (Å²) in [7, 11) is 1.58. The molecule has 0 saturated carbocycles. The molecule has 0 aliphatic rings. The van der Waals surface area contributed by atoms with Gasteiger partial charge in [-0.25, -0.2) is 9.78 Å². The van der Waals surface area contributed by atoms with Crippen molar-refractivity contribution in [2.75, 3.05) is 13.7 Å². The zero-order chi connectivity index (χ0) is 11.5. The molecule has 16 heavy (non-hydrogen) atoms. The third-order valence-corrected chi connectivity index (χ3v) is 2.36. The summed E-state index contributed by atoms with van der Waals surface area (Å²) in [6.45, 7) is 0.944. The number of benzene rings is 1. The number of aromatic nitrogens is 2. The number of ether oxygens (including phenoxy) is 1. The number of carbonyl (C=O) groups is 1. The zero-order valence-corrected chi connectivity index (χ0v) is 8.88. The summed E-state index contributed by atoms with van der Waals surface area (Å²) < 4.78 is 6.61. The van der Waals surface area contributed by atoms with Gasteiger partial charge in [0.15, 0.2) is 0 Å². The third-order valence-electron chi connectivity index (χ3n) is 2.36. The van der Waals surface area contributed by atoms with E-state index in [9.17, 15) is 4.79 Å². The van der Waals surface area contributed by atoms with Crippen LogP contribution in [0.5, 0.6) is 0 Å². The van der Waals surface area contributed by atoms with E-state index in [1.54, 1.807) is 17.7 Å². The molecular formula is C11H12N2O3. The van der Waals surface area contributed by atoms with Gasteiger partial charge < -0.3 is 14.4 Å². The normalized spacial score (nSPS) is 10.8. The molecule has 0 aliphatic carbocycles.